The third-order valence-corrected chi connectivity index (χ3v) is 2.41. The van der Waals surface area contributed by atoms with Crippen molar-refractivity contribution >= 4 is 5.78 Å². The zero-order chi connectivity index (χ0) is 12.3. The van der Waals surface area contributed by atoms with Gasteiger partial charge in [-0.3, -0.25) is 4.79 Å². The van der Waals surface area contributed by atoms with Crippen molar-refractivity contribution < 1.29 is 18.0 Å². The van der Waals surface area contributed by atoms with Crippen LogP contribution in [0.4, 0.5) is 8.78 Å². The second-order valence-electron chi connectivity index (χ2n) is 3.63. The second kappa shape index (κ2) is 4.91. The van der Waals surface area contributed by atoms with Gasteiger partial charge >= 0.3 is 0 Å². The highest BCUT2D eigenvalue weighted by Gasteiger charge is 2.12. The van der Waals surface area contributed by atoms with Crippen molar-refractivity contribution in [2.24, 2.45) is 0 Å². The quantitative estimate of drug-likeness (QED) is 0.762. The molecule has 0 atom stereocenters. The SMILES string of the molecule is O=C(CCc1ccco1)c1ccc(F)cc1F. The maximum absolute atomic E-state index is 13.3. The number of carbonyl (C=O) groups is 1. The summed E-state index contributed by atoms with van der Waals surface area (Å²) in [6.07, 6.45) is 2.05. The summed E-state index contributed by atoms with van der Waals surface area (Å²) < 4.78 is 31.0. The number of rotatable bonds is 4. The van der Waals surface area contributed by atoms with Crippen molar-refractivity contribution in [2.45, 2.75) is 12.8 Å². The largest absolute Gasteiger partial charge is 0.469 e. The number of furan rings is 1. The topological polar surface area (TPSA) is 30.2 Å². The Kier molecular flexibility index (Phi) is 3.32. The number of ketones is 1. The van der Waals surface area contributed by atoms with Gasteiger partial charge in [-0.05, 0) is 24.3 Å². The van der Waals surface area contributed by atoms with E-state index in [2.05, 4.69) is 0 Å². The summed E-state index contributed by atoms with van der Waals surface area (Å²) in [5.74, 6) is -1.21. The smallest absolute Gasteiger partial charge is 0.166 e. The van der Waals surface area contributed by atoms with Gasteiger partial charge in [0, 0.05) is 18.9 Å². The fourth-order valence-corrected chi connectivity index (χ4v) is 1.54. The fourth-order valence-electron chi connectivity index (χ4n) is 1.54. The van der Waals surface area contributed by atoms with Gasteiger partial charge in [0.2, 0.25) is 0 Å². The zero-order valence-electron chi connectivity index (χ0n) is 8.95. The van der Waals surface area contributed by atoms with E-state index in [1.54, 1.807) is 12.1 Å². The van der Waals surface area contributed by atoms with Gasteiger partial charge in [0.15, 0.2) is 5.78 Å². The van der Waals surface area contributed by atoms with Gasteiger partial charge in [0.1, 0.15) is 17.4 Å². The number of hydrogen-bond acceptors (Lipinski definition) is 2. The first kappa shape index (κ1) is 11.5. The molecule has 0 saturated heterocycles. The second-order valence-corrected chi connectivity index (χ2v) is 3.63. The van der Waals surface area contributed by atoms with Crippen LogP contribution in [0.2, 0.25) is 0 Å². The van der Waals surface area contributed by atoms with Crippen LogP contribution in [0.3, 0.4) is 0 Å². The van der Waals surface area contributed by atoms with Gasteiger partial charge in [-0.1, -0.05) is 0 Å². The Morgan fingerprint density at radius 2 is 2.06 bits per heavy atom. The summed E-state index contributed by atoms with van der Waals surface area (Å²) in [7, 11) is 0. The summed E-state index contributed by atoms with van der Waals surface area (Å²) in [6.45, 7) is 0. The number of carbonyl (C=O) groups excluding carboxylic acids is 1. The molecule has 0 radical (unpaired) electrons. The van der Waals surface area contributed by atoms with E-state index in [1.807, 2.05) is 0 Å². The Bertz CT molecular complexity index is 518. The minimum Gasteiger partial charge on any atom is -0.469 e. The molecule has 0 aliphatic rings. The van der Waals surface area contributed by atoms with Crippen LogP contribution in [0, 0.1) is 11.6 Å². The van der Waals surface area contributed by atoms with Crippen LogP contribution >= 0.6 is 0 Å². The van der Waals surface area contributed by atoms with Gasteiger partial charge in [0.25, 0.3) is 0 Å². The molecular weight excluding hydrogens is 226 g/mol. The normalized spacial score (nSPS) is 10.5. The average molecular weight is 236 g/mol. The Morgan fingerprint density at radius 3 is 2.71 bits per heavy atom. The maximum Gasteiger partial charge on any atom is 0.166 e. The van der Waals surface area contributed by atoms with E-state index < -0.39 is 11.6 Å². The number of hydrogen-bond donors (Lipinski definition) is 0. The van der Waals surface area contributed by atoms with Crippen LogP contribution in [0.1, 0.15) is 22.5 Å². The molecule has 2 aromatic rings. The number of halogens is 2. The van der Waals surface area contributed by atoms with Crippen LogP contribution in [-0.4, -0.2) is 5.78 Å². The van der Waals surface area contributed by atoms with Crippen molar-refractivity contribution in [1.29, 1.82) is 0 Å². The fraction of sp³-hybridized carbons (Fsp3) is 0.154. The summed E-state index contributed by atoms with van der Waals surface area (Å²) in [5, 5.41) is 0. The van der Waals surface area contributed by atoms with E-state index in [4.69, 9.17) is 4.42 Å². The summed E-state index contributed by atoms with van der Waals surface area (Å²) in [4.78, 5) is 11.7. The van der Waals surface area contributed by atoms with Gasteiger partial charge in [-0.15, -0.1) is 0 Å². The van der Waals surface area contributed by atoms with Crippen molar-refractivity contribution in [3.05, 3.63) is 59.6 Å². The highest BCUT2D eigenvalue weighted by molar-refractivity contribution is 5.96. The molecule has 0 unspecified atom stereocenters. The zero-order valence-corrected chi connectivity index (χ0v) is 8.95. The molecule has 17 heavy (non-hydrogen) atoms. The average Bonchev–Trinajstić information content (AvgIpc) is 2.78. The molecule has 0 aliphatic heterocycles. The van der Waals surface area contributed by atoms with E-state index in [-0.39, 0.29) is 17.8 Å². The van der Waals surface area contributed by atoms with Crippen LogP contribution in [-0.2, 0) is 6.42 Å². The van der Waals surface area contributed by atoms with Crippen LogP contribution in [0.25, 0.3) is 0 Å². The molecule has 0 N–H and O–H groups in total. The van der Waals surface area contributed by atoms with Crippen molar-refractivity contribution in [1.82, 2.24) is 0 Å². The molecule has 1 aromatic carbocycles. The lowest BCUT2D eigenvalue weighted by atomic mass is 10.1. The lowest BCUT2D eigenvalue weighted by Crippen LogP contribution is -2.04. The van der Waals surface area contributed by atoms with Crippen molar-refractivity contribution in [3.8, 4) is 0 Å². The molecule has 0 spiro atoms. The molecule has 1 heterocycles. The van der Waals surface area contributed by atoms with E-state index in [9.17, 15) is 13.6 Å². The molecule has 1 aromatic heterocycles. The Hall–Kier alpha value is -1.97. The van der Waals surface area contributed by atoms with Gasteiger partial charge in [-0.25, -0.2) is 8.78 Å². The van der Waals surface area contributed by atoms with Crippen molar-refractivity contribution in [3.63, 3.8) is 0 Å². The van der Waals surface area contributed by atoms with E-state index in [0.717, 1.165) is 12.1 Å². The lowest BCUT2D eigenvalue weighted by molar-refractivity contribution is 0.0977. The third-order valence-electron chi connectivity index (χ3n) is 2.41. The predicted octanol–water partition coefficient (Wildman–Crippen LogP) is 3.37. The first-order valence-electron chi connectivity index (χ1n) is 5.17. The van der Waals surface area contributed by atoms with Gasteiger partial charge in [0.05, 0.1) is 11.8 Å². The van der Waals surface area contributed by atoms with Crippen LogP contribution in [0.15, 0.2) is 41.0 Å². The monoisotopic (exact) mass is 236 g/mol. The molecule has 2 rings (SSSR count). The summed E-state index contributed by atoms with van der Waals surface area (Å²) >= 11 is 0. The van der Waals surface area contributed by atoms with Crippen molar-refractivity contribution in [2.75, 3.05) is 0 Å². The Morgan fingerprint density at radius 1 is 1.24 bits per heavy atom. The molecule has 0 saturated carbocycles. The van der Waals surface area contributed by atoms with Gasteiger partial charge < -0.3 is 4.42 Å². The molecule has 0 bridgehead atoms. The van der Waals surface area contributed by atoms with Gasteiger partial charge in [-0.2, -0.15) is 0 Å². The predicted molar refractivity (Wildman–Crippen MR) is 57.7 cm³/mol. The Balaban J connectivity index is 2.04. The standard InChI is InChI=1S/C13H10F2O2/c14-9-3-5-11(12(15)8-9)13(16)6-4-10-2-1-7-17-10/h1-3,5,7-8H,4,6H2. The molecule has 0 amide bonds. The highest BCUT2D eigenvalue weighted by atomic mass is 19.1. The molecule has 4 heteroatoms. The number of benzene rings is 1. The molecule has 88 valence electrons. The molecular formula is C13H10F2O2. The molecule has 2 nitrogen and oxygen atoms in total. The molecule has 0 fully saturated rings. The summed E-state index contributed by atoms with van der Waals surface area (Å²) in [5.41, 5.74) is -0.0852. The number of Topliss-reactive ketones (excluding diaryl/α,β-unsaturated/α-hetero) is 1. The maximum atomic E-state index is 13.3. The lowest BCUT2D eigenvalue weighted by Gasteiger charge is -2.01. The third kappa shape index (κ3) is 2.78. The Labute approximate surface area is 96.9 Å². The number of aryl methyl sites for hydroxylation is 1. The first-order chi connectivity index (χ1) is 8.16. The van der Waals surface area contributed by atoms with Crippen LogP contribution < -0.4 is 0 Å². The van der Waals surface area contributed by atoms with E-state index in [0.29, 0.717) is 18.2 Å². The van der Waals surface area contributed by atoms with E-state index in [1.165, 1.54) is 6.26 Å². The minimum absolute atomic E-state index is 0.0852. The summed E-state index contributed by atoms with van der Waals surface area (Å²) in [6, 6.07) is 6.41. The van der Waals surface area contributed by atoms with E-state index >= 15 is 0 Å². The first-order valence-corrected chi connectivity index (χ1v) is 5.17. The minimum atomic E-state index is -0.825. The van der Waals surface area contributed by atoms with Crippen LogP contribution in [0.5, 0.6) is 0 Å². The highest BCUT2D eigenvalue weighted by Crippen LogP contribution is 2.13. The molecule has 0 aliphatic carbocycles.